The van der Waals surface area contributed by atoms with Gasteiger partial charge in [0.1, 0.15) is 28.7 Å². The predicted molar refractivity (Wildman–Crippen MR) is 281 cm³/mol. The molecule has 15 nitrogen and oxygen atoms in total. The first-order chi connectivity index (χ1) is 33.1. The molecule has 1 saturated carbocycles. The lowest BCUT2D eigenvalue weighted by molar-refractivity contribution is -0.114. The van der Waals surface area contributed by atoms with Crippen molar-refractivity contribution in [3.05, 3.63) is 153 Å². The van der Waals surface area contributed by atoms with E-state index in [1.807, 2.05) is 48.7 Å². The van der Waals surface area contributed by atoms with Crippen molar-refractivity contribution in [2.75, 3.05) is 37.2 Å². The number of hydrogen-bond donors (Lipinski definition) is 4. The number of rotatable bonds is 13. The number of ether oxygens (including phenoxy) is 2. The molecular formula is C51H51FIN9O6S. The zero-order chi connectivity index (χ0) is 49.3. The number of thiophene rings is 1. The summed E-state index contributed by atoms with van der Waals surface area (Å²) < 4.78 is 30.2. The van der Waals surface area contributed by atoms with Crippen molar-refractivity contribution in [1.29, 1.82) is 0 Å². The number of aromatic nitrogens is 5. The Labute approximate surface area is 414 Å². The minimum absolute atomic E-state index is 0.0795. The summed E-state index contributed by atoms with van der Waals surface area (Å²) in [5, 5.41) is 15.7. The summed E-state index contributed by atoms with van der Waals surface area (Å²) in [6, 6.07) is 25.6. The molecular weight excluding hydrogens is 1010 g/mol. The van der Waals surface area contributed by atoms with E-state index in [1.165, 1.54) is 61.4 Å². The van der Waals surface area contributed by atoms with Gasteiger partial charge in [-0.05, 0) is 134 Å². The van der Waals surface area contributed by atoms with Gasteiger partial charge in [0, 0.05) is 57.7 Å². The van der Waals surface area contributed by atoms with E-state index in [1.54, 1.807) is 62.8 Å². The van der Waals surface area contributed by atoms with E-state index in [9.17, 15) is 23.6 Å². The van der Waals surface area contributed by atoms with E-state index in [0.717, 1.165) is 23.3 Å². The molecule has 1 atom stereocenters. The number of anilines is 4. The highest BCUT2D eigenvalue weighted by atomic mass is 127. The van der Waals surface area contributed by atoms with Crippen molar-refractivity contribution >= 4 is 84.7 Å². The molecule has 4 aromatic heterocycles. The zero-order valence-corrected chi connectivity index (χ0v) is 42.3. The average molecular weight is 1060 g/mol. The fourth-order valence-electron chi connectivity index (χ4n) is 8.33. The molecule has 4 aromatic carbocycles. The second-order valence-corrected chi connectivity index (χ2v) is 18.9. The molecule has 0 spiro atoms. The van der Waals surface area contributed by atoms with E-state index in [0.29, 0.717) is 45.1 Å². The van der Waals surface area contributed by atoms with Gasteiger partial charge in [-0.2, -0.15) is 0 Å². The summed E-state index contributed by atoms with van der Waals surface area (Å²) in [4.78, 5) is 63.1. The molecule has 69 heavy (non-hydrogen) atoms. The molecule has 356 valence electrons. The van der Waals surface area contributed by atoms with Crippen LogP contribution in [0, 0.1) is 23.2 Å². The van der Waals surface area contributed by atoms with Crippen molar-refractivity contribution in [1.82, 2.24) is 29.0 Å². The zero-order valence-electron chi connectivity index (χ0n) is 39.3. The number of benzene rings is 4. The third-order valence-corrected chi connectivity index (χ3v) is 13.6. The Hall–Kier alpha value is -6.90. The smallest absolute Gasteiger partial charge is 0.336 e. The van der Waals surface area contributed by atoms with Crippen LogP contribution >= 0.6 is 33.9 Å². The minimum Gasteiger partial charge on any atom is -0.493 e. The summed E-state index contributed by atoms with van der Waals surface area (Å²) in [6.45, 7) is 7.81. The standard InChI is InChI=1S/C26H23FIN5O4.C25H28N4O2S/c1-13-22-21(23(31(3)24(13)35)30-20-10-7-15(28)11-19(20)27)25(36)33(17-8-9-17)26(37)32(22)18-6-4-5-16(12-18)29-14(2)34;1-15(24-10-18(14-32-24)19-9-7-6-8-17(19)13-26-3)27-25-20-11-22(30-4)23(31-5)12-21(20)28-16(2)29-25/h4-7,10-12,17,30H,8-9H2,1-3H3,(H,29,34);6-12,14-15,26H,13H2,1-5H3,(H,27,28,29). The van der Waals surface area contributed by atoms with E-state index in [2.05, 4.69) is 73.9 Å². The summed E-state index contributed by atoms with van der Waals surface area (Å²) in [5.74, 6) is 2.04. The predicted octanol–water partition coefficient (Wildman–Crippen LogP) is 9.52. The lowest BCUT2D eigenvalue weighted by atomic mass is 10.0. The summed E-state index contributed by atoms with van der Waals surface area (Å²) in [5.41, 5.74) is 4.25. The topological polar surface area (TPSA) is 175 Å². The molecule has 4 N–H and O–H groups in total. The lowest BCUT2D eigenvalue weighted by Gasteiger charge is -2.21. The Balaban J connectivity index is 0.000000188. The first-order valence-electron chi connectivity index (χ1n) is 22.1. The molecule has 1 aliphatic rings. The van der Waals surface area contributed by atoms with Gasteiger partial charge in [0.25, 0.3) is 11.1 Å². The summed E-state index contributed by atoms with van der Waals surface area (Å²) >= 11 is 3.74. The number of pyridine rings is 1. The Morgan fingerprint density at radius 1 is 0.942 bits per heavy atom. The molecule has 1 fully saturated rings. The molecule has 4 heterocycles. The van der Waals surface area contributed by atoms with Crippen LogP contribution in [0.15, 0.2) is 105 Å². The monoisotopic (exact) mass is 1060 g/mol. The largest absolute Gasteiger partial charge is 0.493 e. The molecule has 1 amide bonds. The minimum atomic E-state index is -0.581. The number of fused-ring (bicyclic) bond motifs is 2. The molecule has 0 saturated heterocycles. The van der Waals surface area contributed by atoms with Crippen LogP contribution in [0.25, 0.3) is 38.6 Å². The highest BCUT2D eigenvalue weighted by Gasteiger charge is 2.32. The fraction of sp³-hybridized carbons (Fsp3) is 0.255. The molecule has 18 heteroatoms. The van der Waals surface area contributed by atoms with Crippen molar-refractivity contribution in [3.8, 4) is 28.3 Å². The van der Waals surface area contributed by atoms with Crippen LogP contribution in [0.1, 0.15) is 60.6 Å². The van der Waals surface area contributed by atoms with Gasteiger partial charge in [0.05, 0.1) is 42.7 Å². The van der Waals surface area contributed by atoms with E-state index in [4.69, 9.17) is 9.47 Å². The fourth-order valence-corrected chi connectivity index (χ4v) is 9.69. The number of methoxy groups -OCH3 is 2. The SMILES string of the molecule is CC(=O)Nc1cccc(-n2c(=O)n(C3CC3)c(=O)c3c(Nc4ccc(I)cc4F)n(C)c(=O)c(C)c32)c1.CNCc1ccccc1-c1csc(C(C)Nc2nc(C)nc3cc(OC)c(OC)cc23)c1. The number of carbonyl (C=O) groups is 1. The number of halogens is 2. The highest BCUT2D eigenvalue weighted by Crippen LogP contribution is 2.38. The van der Waals surface area contributed by atoms with E-state index in [-0.39, 0.29) is 46.0 Å². The maximum Gasteiger partial charge on any atom is 0.336 e. The first-order valence-corrected chi connectivity index (χ1v) is 24.1. The third-order valence-electron chi connectivity index (χ3n) is 11.8. The van der Waals surface area contributed by atoms with Crippen molar-refractivity contribution in [2.45, 2.75) is 59.2 Å². The molecule has 0 radical (unpaired) electrons. The molecule has 9 rings (SSSR count). The number of aryl methyl sites for hydroxylation is 2. The quantitative estimate of drug-likeness (QED) is 0.0810. The highest BCUT2D eigenvalue weighted by molar-refractivity contribution is 14.1. The van der Waals surface area contributed by atoms with Gasteiger partial charge in [-0.3, -0.25) is 28.1 Å². The van der Waals surface area contributed by atoms with Gasteiger partial charge >= 0.3 is 5.69 Å². The van der Waals surface area contributed by atoms with Crippen LogP contribution in [0.4, 0.5) is 27.4 Å². The van der Waals surface area contributed by atoms with Crippen LogP contribution in [0.2, 0.25) is 0 Å². The van der Waals surface area contributed by atoms with Crippen LogP contribution in [0.5, 0.6) is 11.5 Å². The normalized spacial score (nSPS) is 12.6. The number of amides is 1. The molecule has 1 aliphatic carbocycles. The van der Waals surface area contributed by atoms with Crippen molar-refractivity contribution in [2.24, 2.45) is 7.05 Å². The van der Waals surface area contributed by atoms with Crippen LogP contribution < -0.4 is 47.5 Å². The lowest BCUT2D eigenvalue weighted by Crippen LogP contribution is -2.41. The number of nitrogens with one attached hydrogen (secondary N) is 4. The number of carbonyl (C=O) groups excluding carboxylic acids is 1. The van der Waals surface area contributed by atoms with Gasteiger partial charge in [-0.15, -0.1) is 11.3 Å². The maximum atomic E-state index is 14.8. The Morgan fingerprint density at radius 2 is 1.68 bits per heavy atom. The van der Waals surface area contributed by atoms with Gasteiger partial charge in [-0.1, -0.05) is 30.3 Å². The van der Waals surface area contributed by atoms with Gasteiger partial charge < -0.3 is 30.7 Å². The maximum absolute atomic E-state index is 14.8. The van der Waals surface area contributed by atoms with Gasteiger partial charge in [0.15, 0.2) is 11.5 Å². The average Bonchev–Trinajstić information content (AvgIpc) is 4.03. The van der Waals surface area contributed by atoms with E-state index < -0.39 is 22.6 Å². The molecule has 1 unspecified atom stereocenters. The third kappa shape index (κ3) is 10.00. The van der Waals surface area contributed by atoms with Gasteiger partial charge in [0.2, 0.25) is 5.91 Å². The second kappa shape index (κ2) is 20.4. The van der Waals surface area contributed by atoms with Crippen molar-refractivity contribution in [3.63, 3.8) is 0 Å². The Kier molecular flexibility index (Phi) is 14.3. The summed E-state index contributed by atoms with van der Waals surface area (Å²) in [7, 11) is 6.73. The van der Waals surface area contributed by atoms with Crippen molar-refractivity contribution < 1.29 is 18.7 Å². The van der Waals surface area contributed by atoms with Crippen LogP contribution in [0.3, 0.4) is 0 Å². The second-order valence-electron chi connectivity index (χ2n) is 16.7. The van der Waals surface area contributed by atoms with Crippen LogP contribution in [-0.2, 0) is 18.4 Å². The first kappa shape index (κ1) is 48.6. The Morgan fingerprint density at radius 3 is 2.38 bits per heavy atom. The Bertz CT molecular complexity index is 3470. The number of nitrogens with zero attached hydrogens (tertiary/aromatic N) is 5. The molecule has 0 bridgehead atoms. The van der Waals surface area contributed by atoms with E-state index >= 15 is 0 Å². The van der Waals surface area contributed by atoms with Gasteiger partial charge in [-0.25, -0.2) is 19.2 Å². The van der Waals surface area contributed by atoms with Crippen LogP contribution in [-0.4, -0.2) is 50.8 Å². The molecule has 0 aliphatic heterocycles. The molecule has 8 aromatic rings. The number of hydrogen-bond acceptors (Lipinski definition) is 12. The summed E-state index contributed by atoms with van der Waals surface area (Å²) in [6.07, 6.45) is 1.34.